The van der Waals surface area contributed by atoms with Gasteiger partial charge in [0.25, 0.3) is 0 Å². The van der Waals surface area contributed by atoms with E-state index in [-0.39, 0.29) is 0 Å². The molecule has 3 nitrogen and oxygen atoms in total. The second-order valence-corrected chi connectivity index (χ2v) is 4.41. The van der Waals surface area contributed by atoms with Crippen LogP contribution in [0.25, 0.3) is 0 Å². The molecule has 2 atom stereocenters. The van der Waals surface area contributed by atoms with Crippen LogP contribution in [0.4, 0.5) is 8.78 Å². The quantitative estimate of drug-likeness (QED) is 0.785. The summed E-state index contributed by atoms with van der Waals surface area (Å²) < 4.78 is 30.7. The number of methoxy groups -OCH3 is 1. The number of ether oxygens (including phenoxy) is 1. The molecule has 0 fully saturated rings. The summed E-state index contributed by atoms with van der Waals surface area (Å²) in [5.41, 5.74) is 0.362. The van der Waals surface area contributed by atoms with E-state index in [0.29, 0.717) is 31.2 Å². The van der Waals surface area contributed by atoms with E-state index in [1.807, 2.05) is 6.92 Å². The van der Waals surface area contributed by atoms with Crippen molar-refractivity contribution in [3.05, 3.63) is 35.4 Å². The van der Waals surface area contributed by atoms with E-state index in [2.05, 4.69) is 5.32 Å². The minimum atomic E-state index is -0.945. The van der Waals surface area contributed by atoms with Crippen molar-refractivity contribution < 1.29 is 18.6 Å². The zero-order valence-corrected chi connectivity index (χ0v) is 10.6. The van der Waals surface area contributed by atoms with Crippen molar-refractivity contribution in [2.75, 3.05) is 26.8 Å². The largest absolute Gasteiger partial charge is 0.387 e. The van der Waals surface area contributed by atoms with Crippen LogP contribution in [0.5, 0.6) is 0 Å². The Morgan fingerprint density at radius 2 is 2.00 bits per heavy atom. The molecule has 0 aromatic heterocycles. The van der Waals surface area contributed by atoms with Gasteiger partial charge in [0, 0.05) is 26.8 Å². The first-order valence-corrected chi connectivity index (χ1v) is 5.87. The van der Waals surface area contributed by atoms with Gasteiger partial charge in [0.2, 0.25) is 0 Å². The molecule has 1 aromatic rings. The van der Waals surface area contributed by atoms with Gasteiger partial charge in [-0.2, -0.15) is 0 Å². The smallest absolute Gasteiger partial charge is 0.159 e. The molecule has 0 radical (unpaired) electrons. The number of benzene rings is 1. The number of halogens is 2. The van der Waals surface area contributed by atoms with Gasteiger partial charge in [-0.05, 0) is 23.6 Å². The molecule has 2 unspecified atom stereocenters. The van der Waals surface area contributed by atoms with Gasteiger partial charge in [-0.1, -0.05) is 13.0 Å². The SMILES string of the molecule is COCC(C)CNCC(O)c1ccc(F)c(F)c1. The van der Waals surface area contributed by atoms with Gasteiger partial charge in [-0.25, -0.2) is 8.78 Å². The van der Waals surface area contributed by atoms with E-state index in [4.69, 9.17) is 4.74 Å². The zero-order chi connectivity index (χ0) is 13.5. The van der Waals surface area contributed by atoms with Gasteiger partial charge in [0.05, 0.1) is 6.10 Å². The third-order valence-electron chi connectivity index (χ3n) is 2.61. The Hall–Kier alpha value is -1.04. The van der Waals surface area contributed by atoms with Crippen LogP contribution in [0.15, 0.2) is 18.2 Å². The fourth-order valence-corrected chi connectivity index (χ4v) is 1.65. The van der Waals surface area contributed by atoms with Crippen molar-refractivity contribution >= 4 is 0 Å². The van der Waals surface area contributed by atoms with Gasteiger partial charge < -0.3 is 15.2 Å². The van der Waals surface area contributed by atoms with Crippen molar-refractivity contribution in [1.82, 2.24) is 5.32 Å². The molecule has 0 saturated carbocycles. The normalized spacial score (nSPS) is 14.5. The summed E-state index contributed by atoms with van der Waals surface area (Å²) in [6.07, 6.45) is -0.852. The zero-order valence-electron chi connectivity index (χ0n) is 10.6. The van der Waals surface area contributed by atoms with Gasteiger partial charge in [-0.3, -0.25) is 0 Å². The van der Waals surface area contributed by atoms with E-state index in [1.165, 1.54) is 6.07 Å². The highest BCUT2D eigenvalue weighted by atomic mass is 19.2. The predicted octanol–water partition coefficient (Wildman–Crippen LogP) is 1.87. The minimum Gasteiger partial charge on any atom is -0.387 e. The highest BCUT2D eigenvalue weighted by Crippen LogP contribution is 2.15. The second kappa shape index (κ2) is 7.41. The Balaban J connectivity index is 2.40. The first kappa shape index (κ1) is 15.0. The van der Waals surface area contributed by atoms with Crippen molar-refractivity contribution in [1.29, 1.82) is 0 Å². The first-order chi connectivity index (χ1) is 8.54. The summed E-state index contributed by atoms with van der Waals surface area (Å²) in [5.74, 6) is -1.53. The molecule has 1 aromatic carbocycles. The first-order valence-electron chi connectivity index (χ1n) is 5.87. The number of hydrogen-bond acceptors (Lipinski definition) is 3. The molecule has 0 heterocycles. The summed E-state index contributed by atoms with van der Waals surface area (Å²) in [5, 5.41) is 12.9. The van der Waals surface area contributed by atoms with Crippen molar-refractivity contribution in [3.63, 3.8) is 0 Å². The molecule has 1 rings (SSSR count). The maximum Gasteiger partial charge on any atom is 0.159 e. The molecule has 0 spiro atoms. The van der Waals surface area contributed by atoms with Crippen molar-refractivity contribution in [2.24, 2.45) is 5.92 Å². The van der Waals surface area contributed by atoms with E-state index >= 15 is 0 Å². The van der Waals surface area contributed by atoms with Crippen LogP contribution < -0.4 is 5.32 Å². The lowest BCUT2D eigenvalue weighted by Gasteiger charge is -2.15. The third-order valence-corrected chi connectivity index (χ3v) is 2.61. The van der Waals surface area contributed by atoms with Crippen LogP contribution >= 0.6 is 0 Å². The third kappa shape index (κ3) is 4.68. The number of hydrogen-bond donors (Lipinski definition) is 2. The van der Waals surface area contributed by atoms with Gasteiger partial charge in [-0.15, -0.1) is 0 Å². The molecular formula is C13H19F2NO2. The van der Waals surface area contributed by atoms with Gasteiger partial charge in [0.15, 0.2) is 11.6 Å². The Kier molecular flexibility index (Phi) is 6.18. The van der Waals surface area contributed by atoms with E-state index in [0.717, 1.165) is 12.1 Å². The number of aliphatic hydroxyl groups is 1. The topological polar surface area (TPSA) is 41.5 Å². The van der Waals surface area contributed by atoms with Crippen molar-refractivity contribution in [2.45, 2.75) is 13.0 Å². The summed E-state index contributed by atoms with van der Waals surface area (Å²) in [4.78, 5) is 0. The Morgan fingerprint density at radius 1 is 1.28 bits per heavy atom. The summed E-state index contributed by atoms with van der Waals surface area (Å²) in [6.45, 7) is 3.63. The lowest BCUT2D eigenvalue weighted by Crippen LogP contribution is -2.28. The van der Waals surface area contributed by atoms with Gasteiger partial charge >= 0.3 is 0 Å². The maximum absolute atomic E-state index is 13.0. The highest BCUT2D eigenvalue weighted by molar-refractivity contribution is 5.20. The van der Waals surface area contributed by atoms with Crippen LogP contribution in [0.3, 0.4) is 0 Å². The molecule has 0 aliphatic rings. The summed E-state index contributed by atoms with van der Waals surface area (Å²) in [6, 6.07) is 3.41. The van der Waals surface area contributed by atoms with Crippen LogP contribution in [-0.4, -0.2) is 31.9 Å². The monoisotopic (exact) mass is 259 g/mol. The fraction of sp³-hybridized carbons (Fsp3) is 0.538. The van der Waals surface area contributed by atoms with E-state index < -0.39 is 17.7 Å². The van der Waals surface area contributed by atoms with Crippen LogP contribution in [0.2, 0.25) is 0 Å². The van der Waals surface area contributed by atoms with E-state index in [9.17, 15) is 13.9 Å². The molecule has 5 heteroatoms. The molecule has 0 aliphatic carbocycles. The maximum atomic E-state index is 13.0. The van der Waals surface area contributed by atoms with Crippen LogP contribution in [0.1, 0.15) is 18.6 Å². The molecule has 102 valence electrons. The Morgan fingerprint density at radius 3 is 2.61 bits per heavy atom. The molecule has 0 saturated heterocycles. The number of aliphatic hydroxyl groups excluding tert-OH is 1. The predicted molar refractivity (Wildman–Crippen MR) is 65.2 cm³/mol. The molecular weight excluding hydrogens is 240 g/mol. The Bertz CT molecular complexity index is 374. The second-order valence-electron chi connectivity index (χ2n) is 4.41. The van der Waals surface area contributed by atoms with Gasteiger partial charge in [0.1, 0.15) is 0 Å². The standard InChI is InChI=1S/C13H19F2NO2/c1-9(8-18-2)6-16-7-13(17)10-3-4-11(14)12(15)5-10/h3-5,9,13,16-17H,6-8H2,1-2H3. The molecule has 0 amide bonds. The lowest BCUT2D eigenvalue weighted by atomic mass is 10.1. The Labute approximate surface area is 106 Å². The summed E-state index contributed by atoms with van der Waals surface area (Å²) >= 11 is 0. The fourth-order valence-electron chi connectivity index (χ4n) is 1.65. The lowest BCUT2D eigenvalue weighted by molar-refractivity contribution is 0.147. The van der Waals surface area contributed by atoms with E-state index in [1.54, 1.807) is 7.11 Å². The highest BCUT2D eigenvalue weighted by Gasteiger charge is 2.11. The number of rotatable bonds is 7. The van der Waals surface area contributed by atoms with Crippen LogP contribution in [-0.2, 0) is 4.74 Å². The summed E-state index contributed by atoms with van der Waals surface area (Å²) in [7, 11) is 1.63. The number of nitrogens with one attached hydrogen (secondary N) is 1. The molecule has 0 bridgehead atoms. The molecule has 18 heavy (non-hydrogen) atoms. The van der Waals surface area contributed by atoms with Crippen molar-refractivity contribution in [3.8, 4) is 0 Å². The molecule has 2 N–H and O–H groups in total. The van der Waals surface area contributed by atoms with Crippen LogP contribution in [0, 0.1) is 17.6 Å². The minimum absolute atomic E-state index is 0.291. The average Bonchev–Trinajstić information content (AvgIpc) is 2.33. The average molecular weight is 259 g/mol. The molecule has 0 aliphatic heterocycles.